The average Bonchev–Trinajstić information content (AvgIpc) is 2.66. The highest BCUT2D eigenvalue weighted by Crippen LogP contribution is 2.21. The van der Waals surface area contributed by atoms with Gasteiger partial charge in [-0.2, -0.15) is 0 Å². The maximum absolute atomic E-state index is 13.2. The van der Waals surface area contributed by atoms with Crippen LogP contribution in [0.25, 0.3) is 0 Å². The van der Waals surface area contributed by atoms with E-state index in [1.165, 1.54) is 30.5 Å². The molecule has 7 nitrogen and oxygen atoms in total. The molecule has 1 amide bonds. The number of hydrogen-bond donors (Lipinski definition) is 2. The van der Waals surface area contributed by atoms with Gasteiger partial charge in [-0.15, -0.1) is 0 Å². The van der Waals surface area contributed by atoms with Gasteiger partial charge in [-0.05, 0) is 24.3 Å². The predicted molar refractivity (Wildman–Crippen MR) is 96.3 cm³/mol. The zero-order valence-corrected chi connectivity index (χ0v) is 14.8. The SMILES string of the molecule is O=C(NCCN1CCOCC1)c1ccnc(Nc2ccc(F)c(Cl)c2)n1. The molecule has 0 unspecified atom stereocenters. The Morgan fingerprint density at radius 1 is 1.31 bits per heavy atom. The molecule has 9 heteroatoms. The predicted octanol–water partition coefficient (Wildman–Crippen LogP) is 2.07. The number of ether oxygens (including phenoxy) is 1. The van der Waals surface area contributed by atoms with Gasteiger partial charge >= 0.3 is 0 Å². The van der Waals surface area contributed by atoms with E-state index in [0.717, 1.165) is 32.8 Å². The Bertz CT molecular complexity index is 771. The number of nitrogens with one attached hydrogen (secondary N) is 2. The van der Waals surface area contributed by atoms with Crippen molar-refractivity contribution in [2.24, 2.45) is 0 Å². The van der Waals surface area contributed by atoms with Crippen LogP contribution in [-0.4, -0.2) is 60.2 Å². The maximum Gasteiger partial charge on any atom is 0.270 e. The number of aromatic nitrogens is 2. The van der Waals surface area contributed by atoms with E-state index in [0.29, 0.717) is 12.2 Å². The Hall–Kier alpha value is -2.29. The first-order chi connectivity index (χ1) is 12.6. The monoisotopic (exact) mass is 379 g/mol. The van der Waals surface area contributed by atoms with Crippen molar-refractivity contribution in [3.05, 3.63) is 47.0 Å². The molecule has 3 rings (SSSR count). The molecule has 1 aromatic heterocycles. The van der Waals surface area contributed by atoms with Gasteiger partial charge in [-0.25, -0.2) is 14.4 Å². The van der Waals surface area contributed by atoms with E-state index in [1.807, 2.05) is 0 Å². The van der Waals surface area contributed by atoms with Gasteiger partial charge in [-0.1, -0.05) is 11.6 Å². The summed E-state index contributed by atoms with van der Waals surface area (Å²) < 4.78 is 18.5. The number of rotatable bonds is 6. The third-order valence-corrected chi connectivity index (χ3v) is 4.17. The van der Waals surface area contributed by atoms with E-state index in [1.54, 1.807) is 0 Å². The lowest BCUT2D eigenvalue weighted by atomic mass is 10.3. The van der Waals surface area contributed by atoms with Crippen molar-refractivity contribution < 1.29 is 13.9 Å². The zero-order valence-electron chi connectivity index (χ0n) is 14.0. The second kappa shape index (κ2) is 8.88. The Balaban J connectivity index is 1.55. The third-order valence-electron chi connectivity index (χ3n) is 3.88. The fraction of sp³-hybridized carbons (Fsp3) is 0.353. The van der Waals surface area contributed by atoms with Crippen molar-refractivity contribution in [2.75, 3.05) is 44.7 Å². The third kappa shape index (κ3) is 5.10. The number of halogens is 2. The normalized spacial score (nSPS) is 14.8. The van der Waals surface area contributed by atoms with Crippen LogP contribution in [0.2, 0.25) is 5.02 Å². The molecule has 1 saturated heterocycles. The van der Waals surface area contributed by atoms with Crippen molar-refractivity contribution in [3.63, 3.8) is 0 Å². The molecule has 0 radical (unpaired) electrons. The van der Waals surface area contributed by atoms with Crippen LogP contribution in [0, 0.1) is 5.82 Å². The molecular formula is C17H19ClFN5O2. The molecule has 1 aliphatic heterocycles. The molecular weight excluding hydrogens is 361 g/mol. The number of amides is 1. The van der Waals surface area contributed by atoms with Crippen molar-refractivity contribution in [2.45, 2.75) is 0 Å². The summed E-state index contributed by atoms with van der Waals surface area (Å²) >= 11 is 5.75. The molecule has 0 bridgehead atoms. The van der Waals surface area contributed by atoms with Crippen LogP contribution in [-0.2, 0) is 4.74 Å². The molecule has 1 aliphatic rings. The average molecular weight is 380 g/mol. The van der Waals surface area contributed by atoms with Gasteiger partial charge in [0.05, 0.1) is 18.2 Å². The molecule has 138 valence electrons. The first-order valence-corrected chi connectivity index (χ1v) is 8.63. The summed E-state index contributed by atoms with van der Waals surface area (Å²) in [7, 11) is 0. The Kier molecular flexibility index (Phi) is 6.32. The number of carbonyl (C=O) groups excluding carboxylic acids is 1. The zero-order chi connectivity index (χ0) is 18.4. The highest BCUT2D eigenvalue weighted by atomic mass is 35.5. The topological polar surface area (TPSA) is 79.4 Å². The fourth-order valence-electron chi connectivity index (χ4n) is 2.49. The van der Waals surface area contributed by atoms with Gasteiger partial charge in [-0.3, -0.25) is 9.69 Å². The molecule has 1 aromatic carbocycles. The first-order valence-electron chi connectivity index (χ1n) is 8.25. The lowest BCUT2D eigenvalue weighted by Crippen LogP contribution is -2.41. The van der Waals surface area contributed by atoms with Gasteiger partial charge in [0.1, 0.15) is 11.5 Å². The van der Waals surface area contributed by atoms with Gasteiger partial charge in [0.2, 0.25) is 5.95 Å². The summed E-state index contributed by atoms with van der Waals surface area (Å²) in [5, 5.41) is 5.74. The lowest BCUT2D eigenvalue weighted by molar-refractivity contribution is 0.0383. The highest BCUT2D eigenvalue weighted by molar-refractivity contribution is 6.31. The highest BCUT2D eigenvalue weighted by Gasteiger charge is 2.12. The summed E-state index contributed by atoms with van der Waals surface area (Å²) in [4.78, 5) is 22.7. The first kappa shape index (κ1) is 18.5. The van der Waals surface area contributed by atoms with Gasteiger partial charge < -0.3 is 15.4 Å². The van der Waals surface area contributed by atoms with Crippen molar-refractivity contribution in [3.8, 4) is 0 Å². The van der Waals surface area contributed by atoms with Crippen LogP contribution in [0.4, 0.5) is 16.0 Å². The van der Waals surface area contributed by atoms with Gasteiger partial charge in [0, 0.05) is 38.1 Å². The number of benzene rings is 1. The van der Waals surface area contributed by atoms with E-state index in [4.69, 9.17) is 16.3 Å². The second-order valence-corrected chi connectivity index (χ2v) is 6.14. The van der Waals surface area contributed by atoms with E-state index in [-0.39, 0.29) is 22.6 Å². The summed E-state index contributed by atoms with van der Waals surface area (Å²) in [6.07, 6.45) is 1.48. The molecule has 2 aromatic rings. The van der Waals surface area contributed by atoms with Crippen LogP contribution >= 0.6 is 11.6 Å². The molecule has 2 N–H and O–H groups in total. The molecule has 0 spiro atoms. The van der Waals surface area contributed by atoms with Crippen molar-refractivity contribution in [1.82, 2.24) is 20.2 Å². The van der Waals surface area contributed by atoms with Crippen molar-refractivity contribution in [1.29, 1.82) is 0 Å². The van der Waals surface area contributed by atoms with E-state index in [2.05, 4.69) is 25.5 Å². The number of morpholine rings is 1. The largest absolute Gasteiger partial charge is 0.379 e. The molecule has 0 atom stereocenters. The van der Waals surface area contributed by atoms with E-state index in [9.17, 15) is 9.18 Å². The quantitative estimate of drug-likeness (QED) is 0.800. The molecule has 0 aliphatic carbocycles. The van der Waals surface area contributed by atoms with Crippen LogP contribution in [0.5, 0.6) is 0 Å². The Labute approximate surface area is 155 Å². The van der Waals surface area contributed by atoms with Crippen LogP contribution in [0.1, 0.15) is 10.5 Å². The number of hydrogen-bond acceptors (Lipinski definition) is 6. The van der Waals surface area contributed by atoms with Crippen LogP contribution < -0.4 is 10.6 Å². The minimum atomic E-state index is -0.508. The number of carbonyl (C=O) groups is 1. The second-order valence-electron chi connectivity index (χ2n) is 5.73. The molecule has 26 heavy (non-hydrogen) atoms. The van der Waals surface area contributed by atoms with E-state index < -0.39 is 5.82 Å². The van der Waals surface area contributed by atoms with E-state index >= 15 is 0 Å². The maximum atomic E-state index is 13.2. The molecule has 2 heterocycles. The van der Waals surface area contributed by atoms with Gasteiger partial charge in [0.25, 0.3) is 5.91 Å². The van der Waals surface area contributed by atoms with Gasteiger partial charge in [0.15, 0.2) is 0 Å². The molecule has 0 saturated carbocycles. The smallest absolute Gasteiger partial charge is 0.270 e. The summed E-state index contributed by atoms with van der Waals surface area (Å²) in [6, 6.07) is 5.72. The Morgan fingerprint density at radius 3 is 2.88 bits per heavy atom. The summed E-state index contributed by atoms with van der Waals surface area (Å²) in [5.41, 5.74) is 0.777. The number of nitrogens with zero attached hydrogens (tertiary/aromatic N) is 3. The fourth-order valence-corrected chi connectivity index (χ4v) is 2.67. The Morgan fingerprint density at radius 2 is 2.12 bits per heavy atom. The minimum absolute atomic E-state index is 0.00740. The number of anilines is 2. The molecule has 1 fully saturated rings. The van der Waals surface area contributed by atoms with Crippen molar-refractivity contribution >= 4 is 29.1 Å². The standard InChI is InChI=1S/C17H19ClFN5O2/c18-13-11-12(1-2-14(13)19)22-17-21-4-3-15(23-17)16(25)20-5-6-24-7-9-26-10-8-24/h1-4,11H,5-10H2,(H,20,25)(H,21,22,23). The van der Waals surface area contributed by atoms with Crippen LogP contribution in [0.15, 0.2) is 30.5 Å². The lowest BCUT2D eigenvalue weighted by Gasteiger charge is -2.26. The summed E-state index contributed by atoms with van der Waals surface area (Å²) in [6.45, 7) is 4.48. The van der Waals surface area contributed by atoms with Crippen LogP contribution in [0.3, 0.4) is 0 Å². The minimum Gasteiger partial charge on any atom is -0.379 e. The summed E-state index contributed by atoms with van der Waals surface area (Å²) in [5.74, 6) is -0.555.